The normalized spacial score (nSPS) is 19.4. The van der Waals surface area contributed by atoms with Crippen LogP contribution in [0.25, 0.3) is 10.9 Å². The van der Waals surface area contributed by atoms with Gasteiger partial charge in [0.15, 0.2) is 0 Å². The molecule has 1 atom stereocenters. The van der Waals surface area contributed by atoms with E-state index in [4.69, 9.17) is 4.74 Å². The molecule has 1 saturated heterocycles. The van der Waals surface area contributed by atoms with Crippen LogP contribution in [0.4, 0.5) is 0 Å². The summed E-state index contributed by atoms with van der Waals surface area (Å²) in [6.45, 7) is 3.67. The zero-order chi connectivity index (χ0) is 25.2. The van der Waals surface area contributed by atoms with E-state index in [0.717, 1.165) is 30.5 Å². The summed E-state index contributed by atoms with van der Waals surface area (Å²) in [5.74, 6) is -0.989. The molecule has 1 amide bonds. The number of pyridine rings is 1. The molecule has 1 fully saturated rings. The average Bonchev–Trinajstić information content (AvgIpc) is 2.84. The number of carboxylic acid groups (broad SMARTS) is 1. The fourth-order valence-electron chi connectivity index (χ4n) is 5.08. The van der Waals surface area contributed by atoms with Gasteiger partial charge in [-0.3, -0.25) is 9.78 Å². The summed E-state index contributed by atoms with van der Waals surface area (Å²) in [6.07, 6.45) is 3.91. The van der Waals surface area contributed by atoms with E-state index < -0.39 is 16.0 Å². The van der Waals surface area contributed by atoms with Crippen LogP contribution in [0.2, 0.25) is 0 Å². The van der Waals surface area contributed by atoms with E-state index >= 15 is 0 Å². The van der Waals surface area contributed by atoms with Gasteiger partial charge in [-0.15, -0.1) is 0 Å². The molecule has 35 heavy (non-hydrogen) atoms. The second-order valence-corrected chi connectivity index (χ2v) is 11.5. The molecule has 4 rings (SSSR count). The standard InChI is InChI=1S/C25H33N3O6S/c1-16-4-6-21-19(14-16)23(25(30)31)20-15-18(5-7-22(20)27-21)35(32,33)28-11-8-17(9-12-28)24(29)26-10-3-13-34-2/h5,7,15-17H,3-4,6,8-14H2,1-2H3,(H,26,29)(H,30,31). The van der Waals surface area contributed by atoms with E-state index in [1.807, 2.05) is 0 Å². The van der Waals surface area contributed by atoms with Crippen molar-refractivity contribution < 1.29 is 27.9 Å². The van der Waals surface area contributed by atoms with Gasteiger partial charge >= 0.3 is 5.97 Å². The van der Waals surface area contributed by atoms with Gasteiger partial charge in [0.2, 0.25) is 15.9 Å². The number of hydrogen-bond donors (Lipinski definition) is 2. The molecule has 0 bridgehead atoms. The Hall–Kier alpha value is -2.56. The van der Waals surface area contributed by atoms with E-state index in [2.05, 4.69) is 17.2 Å². The number of fused-ring (bicyclic) bond motifs is 2. The number of hydrogen-bond acceptors (Lipinski definition) is 6. The number of carbonyl (C=O) groups is 2. The van der Waals surface area contributed by atoms with Crippen LogP contribution in [0, 0.1) is 11.8 Å². The van der Waals surface area contributed by atoms with Gasteiger partial charge in [0.05, 0.1) is 16.0 Å². The quantitative estimate of drug-likeness (QED) is 0.530. The number of methoxy groups -OCH3 is 1. The number of nitrogens with one attached hydrogen (secondary N) is 1. The number of rotatable bonds is 8. The third kappa shape index (κ3) is 5.34. The number of sulfonamides is 1. The second-order valence-electron chi connectivity index (χ2n) is 9.56. The zero-order valence-electron chi connectivity index (χ0n) is 20.2. The van der Waals surface area contributed by atoms with Crippen LogP contribution < -0.4 is 5.32 Å². The zero-order valence-corrected chi connectivity index (χ0v) is 21.1. The number of aromatic nitrogens is 1. The van der Waals surface area contributed by atoms with Crippen molar-refractivity contribution >= 4 is 32.8 Å². The van der Waals surface area contributed by atoms with Crippen LogP contribution in [-0.4, -0.2) is 68.0 Å². The number of aryl methyl sites for hydroxylation is 1. The molecule has 0 spiro atoms. The van der Waals surface area contributed by atoms with Crippen molar-refractivity contribution in [2.75, 3.05) is 33.4 Å². The van der Waals surface area contributed by atoms with E-state index in [-0.39, 0.29) is 35.4 Å². The average molecular weight is 504 g/mol. The monoisotopic (exact) mass is 503 g/mol. The van der Waals surface area contributed by atoms with Crippen LogP contribution >= 0.6 is 0 Å². The maximum atomic E-state index is 13.4. The highest BCUT2D eigenvalue weighted by Crippen LogP contribution is 2.33. The lowest BCUT2D eigenvalue weighted by atomic mass is 9.84. The van der Waals surface area contributed by atoms with E-state index in [9.17, 15) is 23.1 Å². The van der Waals surface area contributed by atoms with Gasteiger partial charge in [-0.25, -0.2) is 13.2 Å². The van der Waals surface area contributed by atoms with Crippen LogP contribution in [0.5, 0.6) is 0 Å². The summed E-state index contributed by atoms with van der Waals surface area (Å²) >= 11 is 0. The summed E-state index contributed by atoms with van der Waals surface area (Å²) in [5.41, 5.74) is 2.18. The van der Waals surface area contributed by atoms with Crippen LogP contribution in [0.3, 0.4) is 0 Å². The topological polar surface area (TPSA) is 126 Å². The van der Waals surface area contributed by atoms with Crippen molar-refractivity contribution in [3.63, 3.8) is 0 Å². The maximum Gasteiger partial charge on any atom is 0.336 e. The molecule has 1 aromatic heterocycles. The largest absolute Gasteiger partial charge is 0.478 e. The Balaban J connectivity index is 1.55. The van der Waals surface area contributed by atoms with Crippen molar-refractivity contribution in [1.82, 2.24) is 14.6 Å². The Morgan fingerprint density at radius 1 is 1.23 bits per heavy atom. The van der Waals surface area contributed by atoms with E-state index in [1.165, 1.54) is 16.4 Å². The molecule has 0 radical (unpaired) electrons. The van der Waals surface area contributed by atoms with Crippen molar-refractivity contribution in [2.24, 2.45) is 11.8 Å². The molecule has 190 valence electrons. The summed E-state index contributed by atoms with van der Waals surface area (Å²) in [4.78, 5) is 29.4. The van der Waals surface area contributed by atoms with Gasteiger partial charge in [-0.2, -0.15) is 4.31 Å². The molecule has 1 aliphatic heterocycles. The first-order valence-corrected chi connectivity index (χ1v) is 13.6. The minimum atomic E-state index is -3.84. The van der Waals surface area contributed by atoms with E-state index in [1.54, 1.807) is 13.2 Å². The number of nitrogens with zero attached hydrogens (tertiary/aromatic N) is 2. The Morgan fingerprint density at radius 2 is 1.97 bits per heavy atom. The third-order valence-electron chi connectivity index (χ3n) is 7.07. The minimum Gasteiger partial charge on any atom is -0.478 e. The number of carboxylic acids is 1. The first kappa shape index (κ1) is 25.5. The molecule has 1 unspecified atom stereocenters. The molecule has 2 aromatic rings. The van der Waals surface area contributed by atoms with Gasteiger partial charge in [0, 0.05) is 50.3 Å². The summed E-state index contributed by atoms with van der Waals surface area (Å²) < 4.78 is 33.2. The summed E-state index contributed by atoms with van der Waals surface area (Å²) in [7, 11) is -2.23. The van der Waals surface area contributed by atoms with Gasteiger partial charge in [-0.1, -0.05) is 6.92 Å². The van der Waals surface area contributed by atoms with Crippen molar-refractivity contribution in [1.29, 1.82) is 0 Å². The molecule has 2 N–H and O–H groups in total. The number of ether oxygens (including phenoxy) is 1. The fourth-order valence-corrected chi connectivity index (χ4v) is 6.57. The highest BCUT2D eigenvalue weighted by molar-refractivity contribution is 7.89. The lowest BCUT2D eigenvalue weighted by Crippen LogP contribution is -2.43. The molecular weight excluding hydrogens is 470 g/mol. The first-order valence-electron chi connectivity index (χ1n) is 12.2. The molecule has 1 aliphatic carbocycles. The van der Waals surface area contributed by atoms with Crippen LogP contribution in [-0.2, 0) is 32.4 Å². The van der Waals surface area contributed by atoms with Gasteiger partial charge in [-0.05, 0) is 68.2 Å². The highest BCUT2D eigenvalue weighted by Gasteiger charge is 2.33. The molecule has 0 saturated carbocycles. The van der Waals surface area contributed by atoms with Crippen molar-refractivity contribution in [3.8, 4) is 0 Å². The molecular formula is C25H33N3O6S. The van der Waals surface area contributed by atoms with Crippen molar-refractivity contribution in [3.05, 3.63) is 35.0 Å². The predicted octanol–water partition coefficient (Wildman–Crippen LogP) is 2.61. The van der Waals surface area contributed by atoms with Crippen molar-refractivity contribution in [2.45, 2.75) is 50.3 Å². The van der Waals surface area contributed by atoms with Gasteiger partial charge in [0.25, 0.3) is 0 Å². The van der Waals surface area contributed by atoms with Crippen LogP contribution in [0.1, 0.15) is 54.2 Å². The Labute approximate surface area is 205 Å². The number of piperidine rings is 1. The molecule has 2 heterocycles. The summed E-state index contributed by atoms with van der Waals surface area (Å²) in [6, 6.07) is 4.56. The predicted molar refractivity (Wildman–Crippen MR) is 131 cm³/mol. The molecule has 9 nitrogen and oxygen atoms in total. The van der Waals surface area contributed by atoms with Gasteiger partial charge in [0.1, 0.15) is 0 Å². The Morgan fingerprint density at radius 3 is 2.66 bits per heavy atom. The lowest BCUT2D eigenvalue weighted by Gasteiger charge is -2.30. The highest BCUT2D eigenvalue weighted by atomic mass is 32.2. The lowest BCUT2D eigenvalue weighted by molar-refractivity contribution is -0.126. The number of amides is 1. The first-order chi connectivity index (χ1) is 16.7. The van der Waals surface area contributed by atoms with Gasteiger partial charge < -0.3 is 15.2 Å². The van der Waals surface area contributed by atoms with E-state index in [0.29, 0.717) is 49.2 Å². The maximum absolute atomic E-state index is 13.4. The molecule has 1 aromatic carbocycles. The fraction of sp³-hybridized carbons (Fsp3) is 0.560. The van der Waals surface area contributed by atoms with Crippen LogP contribution in [0.15, 0.2) is 23.1 Å². The molecule has 10 heteroatoms. The Kier molecular flexibility index (Phi) is 7.73. The number of aromatic carboxylic acids is 1. The second kappa shape index (κ2) is 10.6. The minimum absolute atomic E-state index is 0.0555. The third-order valence-corrected chi connectivity index (χ3v) is 8.96. The summed E-state index contributed by atoms with van der Waals surface area (Å²) in [5, 5.41) is 13.3. The Bertz CT molecular complexity index is 1220. The SMILES string of the molecule is COCCCNC(=O)C1CCN(S(=O)(=O)c2ccc3nc4c(c(C(=O)O)c3c2)CC(C)CC4)CC1. The smallest absolute Gasteiger partial charge is 0.336 e. The number of benzene rings is 1. The number of carbonyl (C=O) groups excluding carboxylic acids is 1. The molecule has 2 aliphatic rings.